The molecule has 0 spiro atoms. The summed E-state index contributed by atoms with van der Waals surface area (Å²) < 4.78 is 5.33. The van der Waals surface area contributed by atoms with Crippen LogP contribution in [0.3, 0.4) is 0 Å². The topological polar surface area (TPSA) is 32.7 Å². The van der Waals surface area contributed by atoms with E-state index >= 15 is 0 Å². The molecule has 0 saturated carbocycles. The SMILES string of the molecule is CC(C)C(C)(O)CN(C)C1CCOC1. The lowest BCUT2D eigenvalue weighted by Crippen LogP contribution is -2.46. The van der Waals surface area contributed by atoms with Gasteiger partial charge in [0, 0.05) is 19.2 Å². The van der Waals surface area contributed by atoms with Gasteiger partial charge in [0.2, 0.25) is 0 Å². The highest BCUT2D eigenvalue weighted by molar-refractivity contribution is 4.83. The van der Waals surface area contributed by atoms with Crippen LogP contribution in [-0.4, -0.2) is 48.5 Å². The van der Waals surface area contributed by atoms with Crippen molar-refractivity contribution in [1.29, 1.82) is 0 Å². The fraction of sp³-hybridized carbons (Fsp3) is 1.00. The van der Waals surface area contributed by atoms with Crippen LogP contribution in [0.15, 0.2) is 0 Å². The summed E-state index contributed by atoms with van der Waals surface area (Å²) in [6, 6.07) is 0.486. The molecule has 2 atom stereocenters. The van der Waals surface area contributed by atoms with Gasteiger partial charge in [-0.1, -0.05) is 13.8 Å². The first kappa shape index (κ1) is 12.0. The number of ether oxygens (including phenoxy) is 1. The van der Waals surface area contributed by atoms with E-state index in [1.807, 2.05) is 6.92 Å². The Balaban J connectivity index is 2.42. The highest BCUT2D eigenvalue weighted by Gasteiger charge is 2.30. The minimum absolute atomic E-state index is 0.285. The monoisotopic (exact) mass is 201 g/mol. The van der Waals surface area contributed by atoms with E-state index in [1.54, 1.807) is 0 Å². The summed E-state index contributed by atoms with van der Waals surface area (Å²) in [5, 5.41) is 10.1. The van der Waals surface area contributed by atoms with Gasteiger partial charge in [0.05, 0.1) is 12.2 Å². The smallest absolute Gasteiger partial charge is 0.0768 e. The van der Waals surface area contributed by atoms with Crippen LogP contribution in [0.2, 0.25) is 0 Å². The summed E-state index contributed by atoms with van der Waals surface area (Å²) in [4.78, 5) is 2.22. The molecule has 0 aromatic heterocycles. The van der Waals surface area contributed by atoms with Crippen LogP contribution in [0.25, 0.3) is 0 Å². The Morgan fingerprint density at radius 1 is 1.57 bits per heavy atom. The van der Waals surface area contributed by atoms with Crippen LogP contribution in [0.1, 0.15) is 27.2 Å². The molecule has 3 heteroatoms. The van der Waals surface area contributed by atoms with Gasteiger partial charge < -0.3 is 9.84 Å². The molecule has 1 aliphatic heterocycles. The zero-order chi connectivity index (χ0) is 10.8. The predicted octanol–water partition coefficient (Wildman–Crippen LogP) is 1.11. The molecule has 0 amide bonds. The minimum Gasteiger partial charge on any atom is -0.389 e. The van der Waals surface area contributed by atoms with Gasteiger partial charge in [-0.3, -0.25) is 4.90 Å². The second-order valence-corrected chi connectivity index (χ2v) is 4.94. The number of aliphatic hydroxyl groups is 1. The van der Waals surface area contributed by atoms with E-state index in [2.05, 4.69) is 25.8 Å². The quantitative estimate of drug-likeness (QED) is 0.739. The first-order valence-corrected chi connectivity index (χ1v) is 5.44. The van der Waals surface area contributed by atoms with Crippen LogP contribution < -0.4 is 0 Å². The molecule has 0 bridgehead atoms. The molecule has 14 heavy (non-hydrogen) atoms. The number of hydrogen-bond donors (Lipinski definition) is 1. The Hall–Kier alpha value is -0.120. The minimum atomic E-state index is -0.600. The van der Waals surface area contributed by atoms with Crippen molar-refractivity contribution in [3.63, 3.8) is 0 Å². The third-order valence-electron chi connectivity index (χ3n) is 3.34. The van der Waals surface area contributed by atoms with Crippen LogP contribution in [0.4, 0.5) is 0 Å². The van der Waals surface area contributed by atoms with Gasteiger partial charge >= 0.3 is 0 Å². The average molecular weight is 201 g/mol. The number of rotatable bonds is 4. The zero-order valence-electron chi connectivity index (χ0n) is 9.79. The van der Waals surface area contributed by atoms with Gasteiger partial charge in [-0.25, -0.2) is 0 Å². The molecule has 1 rings (SSSR count). The van der Waals surface area contributed by atoms with E-state index < -0.39 is 5.60 Å². The van der Waals surface area contributed by atoms with Gasteiger partial charge in [0.1, 0.15) is 0 Å². The number of hydrogen-bond acceptors (Lipinski definition) is 3. The summed E-state index contributed by atoms with van der Waals surface area (Å²) in [5.74, 6) is 0.285. The summed E-state index contributed by atoms with van der Waals surface area (Å²) in [6.45, 7) is 8.41. The largest absolute Gasteiger partial charge is 0.389 e. The Labute approximate surface area is 87.1 Å². The highest BCUT2D eigenvalue weighted by Crippen LogP contribution is 2.20. The van der Waals surface area contributed by atoms with Gasteiger partial charge in [-0.05, 0) is 26.3 Å². The third kappa shape index (κ3) is 2.94. The molecule has 0 aromatic rings. The maximum Gasteiger partial charge on any atom is 0.0768 e. The van der Waals surface area contributed by atoms with Crippen LogP contribution in [0.5, 0.6) is 0 Å². The maximum atomic E-state index is 10.1. The summed E-state index contributed by atoms with van der Waals surface area (Å²) >= 11 is 0. The standard InChI is InChI=1S/C11H23NO2/c1-9(2)11(3,13)8-12(4)10-5-6-14-7-10/h9-10,13H,5-8H2,1-4H3. The van der Waals surface area contributed by atoms with Crippen molar-refractivity contribution in [3.05, 3.63) is 0 Å². The Kier molecular flexibility index (Phi) is 3.93. The predicted molar refractivity (Wildman–Crippen MR) is 57.3 cm³/mol. The van der Waals surface area contributed by atoms with Crippen molar-refractivity contribution < 1.29 is 9.84 Å². The summed E-state index contributed by atoms with van der Waals surface area (Å²) in [7, 11) is 2.07. The van der Waals surface area contributed by atoms with E-state index in [0.717, 1.165) is 26.2 Å². The Morgan fingerprint density at radius 3 is 2.64 bits per heavy atom. The van der Waals surface area contributed by atoms with Crippen LogP contribution >= 0.6 is 0 Å². The molecule has 1 aliphatic rings. The second-order valence-electron chi connectivity index (χ2n) is 4.94. The van der Waals surface area contributed by atoms with Gasteiger partial charge in [0.25, 0.3) is 0 Å². The van der Waals surface area contributed by atoms with Crippen LogP contribution in [0, 0.1) is 5.92 Å². The molecule has 84 valence electrons. The fourth-order valence-corrected chi connectivity index (χ4v) is 1.69. The lowest BCUT2D eigenvalue weighted by atomic mass is 9.91. The molecule has 0 aromatic carbocycles. The molecule has 3 nitrogen and oxygen atoms in total. The van der Waals surface area contributed by atoms with E-state index in [0.29, 0.717) is 6.04 Å². The lowest BCUT2D eigenvalue weighted by Gasteiger charge is -2.34. The van der Waals surface area contributed by atoms with Crippen molar-refractivity contribution in [2.75, 3.05) is 26.8 Å². The molecule has 2 unspecified atom stereocenters. The average Bonchev–Trinajstić information content (AvgIpc) is 2.54. The van der Waals surface area contributed by atoms with Crippen molar-refractivity contribution in [1.82, 2.24) is 4.90 Å². The molecule has 1 saturated heterocycles. The number of likely N-dealkylation sites (N-methyl/N-ethyl adjacent to an activating group) is 1. The van der Waals surface area contributed by atoms with E-state index in [9.17, 15) is 5.11 Å². The molecular weight excluding hydrogens is 178 g/mol. The maximum absolute atomic E-state index is 10.1. The zero-order valence-corrected chi connectivity index (χ0v) is 9.79. The summed E-state index contributed by atoms with van der Waals surface area (Å²) in [6.07, 6.45) is 1.09. The first-order chi connectivity index (χ1) is 6.43. The van der Waals surface area contributed by atoms with E-state index in [4.69, 9.17) is 4.74 Å². The highest BCUT2D eigenvalue weighted by atomic mass is 16.5. The van der Waals surface area contributed by atoms with E-state index in [-0.39, 0.29) is 5.92 Å². The normalized spacial score (nSPS) is 27.2. The van der Waals surface area contributed by atoms with Crippen molar-refractivity contribution >= 4 is 0 Å². The molecular formula is C11H23NO2. The first-order valence-electron chi connectivity index (χ1n) is 5.44. The van der Waals surface area contributed by atoms with Crippen molar-refractivity contribution in [3.8, 4) is 0 Å². The molecule has 1 fully saturated rings. The molecule has 1 N–H and O–H groups in total. The fourth-order valence-electron chi connectivity index (χ4n) is 1.69. The van der Waals surface area contributed by atoms with Gasteiger partial charge in [0.15, 0.2) is 0 Å². The summed E-state index contributed by atoms with van der Waals surface area (Å²) in [5.41, 5.74) is -0.600. The lowest BCUT2D eigenvalue weighted by molar-refractivity contribution is -0.0226. The molecule has 0 aliphatic carbocycles. The van der Waals surface area contributed by atoms with Gasteiger partial charge in [-0.2, -0.15) is 0 Å². The molecule has 1 heterocycles. The van der Waals surface area contributed by atoms with E-state index in [1.165, 1.54) is 0 Å². The van der Waals surface area contributed by atoms with Crippen LogP contribution in [-0.2, 0) is 4.74 Å². The Morgan fingerprint density at radius 2 is 2.21 bits per heavy atom. The Bertz CT molecular complexity index is 174. The van der Waals surface area contributed by atoms with Gasteiger partial charge in [-0.15, -0.1) is 0 Å². The second kappa shape index (κ2) is 4.60. The third-order valence-corrected chi connectivity index (χ3v) is 3.34. The molecule has 0 radical (unpaired) electrons. The van der Waals surface area contributed by atoms with Crippen molar-refractivity contribution in [2.45, 2.75) is 38.8 Å². The number of nitrogens with zero attached hydrogens (tertiary/aromatic N) is 1. The van der Waals surface area contributed by atoms with Crippen molar-refractivity contribution in [2.24, 2.45) is 5.92 Å².